The summed E-state index contributed by atoms with van der Waals surface area (Å²) in [6.07, 6.45) is 0.274. The molecule has 1 aromatic carbocycles. The largest absolute Gasteiger partial charge is 0.482 e. The van der Waals surface area contributed by atoms with Crippen LogP contribution in [-0.4, -0.2) is 68.8 Å². The molecule has 1 fully saturated rings. The molecule has 7 nitrogen and oxygen atoms in total. The van der Waals surface area contributed by atoms with Gasteiger partial charge >= 0.3 is 0 Å². The van der Waals surface area contributed by atoms with E-state index in [-0.39, 0.29) is 30.9 Å². The maximum absolute atomic E-state index is 12.2. The molecule has 0 radical (unpaired) electrons. The highest BCUT2D eigenvalue weighted by atomic mass is 16.5. The van der Waals surface area contributed by atoms with Crippen LogP contribution in [-0.2, 0) is 14.3 Å². The second-order valence-electron chi connectivity index (χ2n) is 6.35. The minimum atomic E-state index is -0.117. The second-order valence-corrected chi connectivity index (χ2v) is 6.35. The van der Waals surface area contributed by atoms with Gasteiger partial charge in [0.1, 0.15) is 5.75 Å². The van der Waals surface area contributed by atoms with Crippen LogP contribution in [0, 0.1) is 0 Å². The van der Waals surface area contributed by atoms with Crippen molar-refractivity contribution in [2.24, 2.45) is 0 Å². The number of carbonyl (C=O) groups is 2. The lowest BCUT2D eigenvalue weighted by Gasteiger charge is -2.32. The number of anilines is 1. The van der Waals surface area contributed by atoms with Crippen LogP contribution >= 0.6 is 0 Å². The summed E-state index contributed by atoms with van der Waals surface area (Å²) in [7, 11) is 0. The van der Waals surface area contributed by atoms with E-state index in [0.29, 0.717) is 18.8 Å². The lowest BCUT2D eigenvalue weighted by atomic mass is 10.2. The molecule has 1 atom stereocenters. The number of rotatable bonds is 6. The monoisotopic (exact) mass is 347 g/mol. The molecule has 7 heteroatoms. The van der Waals surface area contributed by atoms with E-state index in [2.05, 4.69) is 17.1 Å². The van der Waals surface area contributed by atoms with E-state index in [4.69, 9.17) is 9.47 Å². The molecule has 0 spiro atoms. The van der Waals surface area contributed by atoms with Crippen molar-refractivity contribution in [3.63, 3.8) is 0 Å². The summed E-state index contributed by atoms with van der Waals surface area (Å²) in [6, 6.07) is 7.67. The first-order chi connectivity index (χ1) is 12.1. The Morgan fingerprint density at radius 3 is 2.84 bits per heavy atom. The summed E-state index contributed by atoms with van der Waals surface area (Å²) in [6.45, 7) is 6.38. The van der Waals surface area contributed by atoms with Crippen molar-refractivity contribution in [2.45, 2.75) is 19.4 Å². The normalized spacial score (nSPS) is 19.1. The van der Waals surface area contributed by atoms with Crippen LogP contribution in [0.25, 0.3) is 0 Å². The molecule has 0 saturated carbocycles. The maximum atomic E-state index is 12.2. The van der Waals surface area contributed by atoms with E-state index in [1.807, 2.05) is 24.3 Å². The molecule has 1 N–H and O–H groups in total. The third kappa shape index (κ3) is 4.49. The van der Waals surface area contributed by atoms with Gasteiger partial charge in [-0.15, -0.1) is 0 Å². The molecule has 0 aromatic heterocycles. The van der Waals surface area contributed by atoms with Gasteiger partial charge in [-0.2, -0.15) is 0 Å². The van der Waals surface area contributed by atoms with E-state index in [1.54, 1.807) is 4.90 Å². The average molecular weight is 347 g/mol. The summed E-state index contributed by atoms with van der Waals surface area (Å²) in [5, 5.41) is 2.97. The van der Waals surface area contributed by atoms with Gasteiger partial charge in [0.05, 0.1) is 18.9 Å². The van der Waals surface area contributed by atoms with Gasteiger partial charge < -0.3 is 19.7 Å². The zero-order chi connectivity index (χ0) is 17.6. The second kappa shape index (κ2) is 8.31. The third-order valence-corrected chi connectivity index (χ3v) is 4.63. The van der Waals surface area contributed by atoms with Crippen molar-refractivity contribution in [2.75, 3.05) is 50.9 Å². The molecule has 136 valence electrons. The fourth-order valence-electron chi connectivity index (χ4n) is 3.11. The molecule has 2 heterocycles. The highest BCUT2D eigenvalue weighted by molar-refractivity contribution is 5.98. The molecule has 1 aromatic rings. The number of amides is 2. The van der Waals surface area contributed by atoms with Crippen molar-refractivity contribution < 1.29 is 19.1 Å². The summed E-state index contributed by atoms with van der Waals surface area (Å²) >= 11 is 0. The lowest BCUT2D eigenvalue weighted by molar-refractivity contribution is -0.122. The summed E-state index contributed by atoms with van der Waals surface area (Å²) in [4.78, 5) is 28.2. The number of nitrogens with zero attached hydrogens (tertiary/aromatic N) is 2. The van der Waals surface area contributed by atoms with E-state index >= 15 is 0 Å². The zero-order valence-corrected chi connectivity index (χ0v) is 14.6. The molecular formula is C18H25N3O4. The number of ether oxygens (including phenoxy) is 2. The van der Waals surface area contributed by atoms with Crippen molar-refractivity contribution in [1.82, 2.24) is 10.2 Å². The third-order valence-electron chi connectivity index (χ3n) is 4.63. The van der Waals surface area contributed by atoms with Crippen LogP contribution in [0.3, 0.4) is 0 Å². The fourth-order valence-corrected chi connectivity index (χ4v) is 3.11. The number of nitrogens with one attached hydrogen (secondary N) is 1. The minimum Gasteiger partial charge on any atom is -0.482 e. The smallest absolute Gasteiger partial charge is 0.265 e. The number of benzene rings is 1. The van der Waals surface area contributed by atoms with Gasteiger partial charge in [-0.1, -0.05) is 12.1 Å². The van der Waals surface area contributed by atoms with Gasteiger partial charge in [-0.25, -0.2) is 0 Å². The Balaban J connectivity index is 1.46. The predicted molar refractivity (Wildman–Crippen MR) is 93.8 cm³/mol. The van der Waals surface area contributed by atoms with Crippen LogP contribution < -0.4 is 15.0 Å². The van der Waals surface area contributed by atoms with E-state index < -0.39 is 0 Å². The molecular weight excluding hydrogens is 322 g/mol. The van der Waals surface area contributed by atoms with Gasteiger partial charge in [0.2, 0.25) is 5.91 Å². The van der Waals surface area contributed by atoms with Gasteiger partial charge in [0, 0.05) is 38.6 Å². The molecule has 2 amide bonds. The molecule has 1 saturated heterocycles. The van der Waals surface area contributed by atoms with E-state index in [0.717, 1.165) is 32.0 Å². The topological polar surface area (TPSA) is 71.1 Å². The summed E-state index contributed by atoms with van der Waals surface area (Å²) in [5.41, 5.74) is 0.730. The highest BCUT2D eigenvalue weighted by Crippen LogP contribution is 2.31. The van der Waals surface area contributed by atoms with Crippen LogP contribution in [0.15, 0.2) is 24.3 Å². The number of fused-ring (bicyclic) bond motifs is 1. The Morgan fingerprint density at radius 1 is 1.28 bits per heavy atom. The summed E-state index contributed by atoms with van der Waals surface area (Å²) in [5.74, 6) is 0.522. The minimum absolute atomic E-state index is 0.0205. The Kier molecular flexibility index (Phi) is 5.88. The first-order valence-electron chi connectivity index (χ1n) is 8.76. The fraction of sp³-hybridized carbons (Fsp3) is 0.556. The van der Waals surface area contributed by atoms with Gasteiger partial charge in [-0.05, 0) is 19.1 Å². The van der Waals surface area contributed by atoms with Crippen LogP contribution in [0.5, 0.6) is 5.75 Å². The molecule has 3 rings (SSSR count). The molecule has 2 aliphatic rings. The van der Waals surface area contributed by atoms with Gasteiger partial charge in [0.15, 0.2) is 6.61 Å². The quantitative estimate of drug-likeness (QED) is 0.818. The van der Waals surface area contributed by atoms with Crippen LogP contribution in [0.4, 0.5) is 5.69 Å². The number of hydrogen-bond acceptors (Lipinski definition) is 5. The first-order valence-corrected chi connectivity index (χ1v) is 8.76. The Hall–Kier alpha value is -2.12. The van der Waals surface area contributed by atoms with Gasteiger partial charge in [0.25, 0.3) is 5.91 Å². The number of morpholine rings is 1. The predicted octanol–water partition coefficient (Wildman–Crippen LogP) is 0.639. The van der Waals surface area contributed by atoms with Crippen molar-refractivity contribution in [3.05, 3.63) is 24.3 Å². The van der Waals surface area contributed by atoms with Crippen molar-refractivity contribution >= 4 is 17.5 Å². The first kappa shape index (κ1) is 17.7. The molecule has 25 heavy (non-hydrogen) atoms. The Morgan fingerprint density at radius 2 is 2.04 bits per heavy atom. The molecule has 1 unspecified atom stereocenters. The lowest BCUT2D eigenvalue weighted by Crippen LogP contribution is -2.47. The number of para-hydroxylation sites is 2. The van der Waals surface area contributed by atoms with E-state index in [1.165, 1.54) is 0 Å². The number of carbonyl (C=O) groups excluding carboxylic acids is 2. The molecule has 2 aliphatic heterocycles. The van der Waals surface area contributed by atoms with Crippen molar-refractivity contribution in [1.29, 1.82) is 0 Å². The maximum Gasteiger partial charge on any atom is 0.265 e. The zero-order valence-electron chi connectivity index (χ0n) is 14.6. The van der Waals surface area contributed by atoms with Crippen LogP contribution in [0.1, 0.15) is 13.3 Å². The highest BCUT2D eigenvalue weighted by Gasteiger charge is 2.25. The number of hydrogen-bond donors (Lipinski definition) is 1. The summed E-state index contributed by atoms with van der Waals surface area (Å²) < 4.78 is 10.8. The van der Waals surface area contributed by atoms with Crippen LogP contribution in [0.2, 0.25) is 0 Å². The standard InChI is InChI=1S/C18H25N3O4/c1-14(20-8-10-24-11-9-20)12-19-17(22)6-7-21-15-4-2-3-5-16(15)25-13-18(21)23/h2-5,14H,6-13H2,1H3,(H,19,22). The SMILES string of the molecule is CC(CNC(=O)CCN1C(=O)COc2ccccc21)N1CCOCC1. The molecule has 0 bridgehead atoms. The average Bonchev–Trinajstić information content (AvgIpc) is 2.66. The van der Waals surface area contributed by atoms with Crippen molar-refractivity contribution in [3.8, 4) is 5.75 Å². The van der Waals surface area contributed by atoms with Gasteiger partial charge in [-0.3, -0.25) is 14.5 Å². The Bertz CT molecular complexity index is 616. The Labute approximate surface area is 147 Å². The molecule has 0 aliphatic carbocycles. The van der Waals surface area contributed by atoms with E-state index in [9.17, 15) is 9.59 Å².